The van der Waals surface area contributed by atoms with Crippen molar-refractivity contribution in [3.8, 4) is 0 Å². The Kier molecular flexibility index (Phi) is 4.69. The lowest BCUT2D eigenvalue weighted by Crippen LogP contribution is -1.82. The Morgan fingerprint density at radius 3 is 2.00 bits per heavy atom. The summed E-state index contributed by atoms with van der Waals surface area (Å²) in [7, 11) is -3.61. The summed E-state index contributed by atoms with van der Waals surface area (Å²) >= 11 is 0. The molecular weight excluding hydrogens is 234 g/mol. The highest BCUT2D eigenvalue weighted by Gasteiger charge is 2.31. The lowest BCUT2D eigenvalue weighted by molar-refractivity contribution is 0.271. The maximum absolute atomic E-state index is 10.6. The topological polar surface area (TPSA) is 104 Å². The first-order valence-electron chi connectivity index (χ1n) is 2.09. The van der Waals surface area contributed by atoms with E-state index in [1.54, 1.807) is 0 Å². The predicted octanol–water partition coefficient (Wildman–Crippen LogP) is 1.21. The molecule has 1 unspecified atom stereocenters. The molecule has 0 amide bonds. The molecule has 0 aliphatic rings. The second kappa shape index (κ2) is 4.30. The summed E-state index contributed by atoms with van der Waals surface area (Å²) in [6.07, 6.45) is 1.48. The molecular formula is CH6O6P2S2. The lowest BCUT2D eigenvalue weighted by atomic mass is 12.0. The van der Waals surface area contributed by atoms with Gasteiger partial charge in [-0.05, 0) is 6.26 Å². The maximum atomic E-state index is 10.6. The third kappa shape index (κ3) is 7.36. The van der Waals surface area contributed by atoms with Gasteiger partial charge in [-0.1, -0.05) is 10.8 Å². The molecule has 68 valence electrons. The van der Waals surface area contributed by atoms with Crippen LogP contribution in [0, 0.1) is 0 Å². The fourth-order valence-corrected chi connectivity index (χ4v) is 5.64. The molecule has 0 aromatic carbocycles. The first kappa shape index (κ1) is 12.0. The smallest absolute Gasteiger partial charge is 0.316 e. The second-order valence-electron chi connectivity index (χ2n) is 1.28. The van der Waals surface area contributed by atoms with Crippen molar-refractivity contribution in [3.05, 3.63) is 0 Å². The van der Waals surface area contributed by atoms with Crippen molar-refractivity contribution >= 4 is 35.8 Å². The van der Waals surface area contributed by atoms with E-state index in [4.69, 9.17) is 14.7 Å². The van der Waals surface area contributed by atoms with E-state index in [0.717, 1.165) is 10.8 Å². The first-order valence-corrected chi connectivity index (χ1v) is 8.36. The predicted molar refractivity (Wildman–Crippen MR) is 44.1 cm³/mol. The zero-order valence-electron chi connectivity index (χ0n) is 5.28. The van der Waals surface area contributed by atoms with Crippen molar-refractivity contribution in [2.45, 2.75) is 0 Å². The van der Waals surface area contributed by atoms with E-state index in [2.05, 4.69) is 4.31 Å². The van der Waals surface area contributed by atoms with Crippen LogP contribution in [0.1, 0.15) is 0 Å². The van der Waals surface area contributed by atoms with Gasteiger partial charge in [-0.3, -0.25) is 0 Å². The van der Waals surface area contributed by atoms with Gasteiger partial charge in [0.05, 0.1) is 0 Å². The molecule has 0 aromatic heterocycles. The van der Waals surface area contributed by atoms with E-state index in [9.17, 15) is 9.13 Å². The molecule has 10 heteroatoms. The molecule has 0 fully saturated rings. The summed E-state index contributed by atoms with van der Waals surface area (Å²) < 4.78 is 24.2. The van der Waals surface area contributed by atoms with Gasteiger partial charge in [0.2, 0.25) is 0 Å². The van der Waals surface area contributed by atoms with E-state index >= 15 is 0 Å². The van der Waals surface area contributed by atoms with Crippen molar-refractivity contribution in [1.82, 2.24) is 0 Å². The van der Waals surface area contributed by atoms with Crippen LogP contribution in [0.15, 0.2) is 0 Å². The van der Waals surface area contributed by atoms with E-state index in [1.165, 1.54) is 6.26 Å². The molecule has 0 aliphatic heterocycles. The molecule has 0 spiro atoms. The van der Waals surface area contributed by atoms with Gasteiger partial charge in [0.1, 0.15) is 0 Å². The summed E-state index contributed by atoms with van der Waals surface area (Å²) in [5, 5.41) is 0. The van der Waals surface area contributed by atoms with Gasteiger partial charge >= 0.3 is 14.6 Å². The Morgan fingerprint density at radius 2 is 1.73 bits per heavy atom. The minimum atomic E-state index is -4.86. The minimum absolute atomic E-state index is 0.374. The summed E-state index contributed by atoms with van der Waals surface area (Å²) in [6.45, 7) is -4.20. The van der Waals surface area contributed by atoms with Crippen LogP contribution < -0.4 is 0 Å². The highest BCUT2D eigenvalue weighted by atomic mass is 33.3. The van der Waals surface area contributed by atoms with Crippen LogP contribution in [0.5, 0.6) is 0 Å². The lowest BCUT2D eigenvalue weighted by Gasteiger charge is -2.08. The Labute approximate surface area is 70.6 Å². The van der Waals surface area contributed by atoms with E-state index in [1.807, 2.05) is 0 Å². The number of hydrogen-bond acceptors (Lipinski definition) is 5. The van der Waals surface area contributed by atoms with Crippen LogP contribution in [0.3, 0.4) is 0 Å². The monoisotopic (exact) mass is 240 g/mol. The molecule has 0 heterocycles. The van der Waals surface area contributed by atoms with E-state index < -0.39 is 14.6 Å². The van der Waals surface area contributed by atoms with Gasteiger partial charge < -0.3 is 14.7 Å². The third-order valence-electron chi connectivity index (χ3n) is 0.378. The maximum Gasteiger partial charge on any atom is 0.477 e. The SMILES string of the molecule is CSSP(=O)(O)OP(=O)(O)O. The molecule has 0 saturated heterocycles. The number of rotatable bonds is 4. The number of hydrogen-bond donors (Lipinski definition) is 3. The summed E-state index contributed by atoms with van der Waals surface area (Å²) in [5.74, 6) is 0. The van der Waals surface area contributed by atoms with Gasteiger partial charge in [0.25, 0.3) is 0 Å². The van der Waals surface area contributed by atoms with Gasteiger partial charge in [-0.25, -0.2) is 9.13 Å². The highest BCUT2D eigenvalue weighted by Crippen LogP contribution is 2.68. The molecule has 0 saturated carbocycles. The fraction of sp³-hybridized carbons (Fsp3) is 1.00. The largest absolute Gasteiger partial charge is 0.477 e. The quantitative estimate of drug-likeness (QED) is 0.497. The van der Waals surface area contributed by atoms with Crippen LogP contribution in [-0.4, -0.2) is 20.9 Å². The van der Waals surface area contributed by atoms with Gasteiger partial charge in [-0.2, -0.15) is 4.31 Å². The average molecular weight is 240 g/mol. The Morgan fingerprint density at radius 1 is 1.27 bits per heavy atom. The molecule has 0 radical (unpaired) electrons. The van der Waals surface area contributed by atoms with Gasteiger partial charge in [0, 0.05) is 10.4 Å². The Balaban J connectivity index is 4.14. The minimum Gasteiger partial charge on any atom is -0.316 e. The van der Waals surface area contributed by atoms with Crippen molar-refractivity contribution in [1.29, 1.82) is 0 Å². The summed E-state index contributed by atoms with van der Waals surface area (Å²) in [5.41, 5.74) is 0. The van der Waals surface area contributed by atoms with Crippen LogP contribution in [0.4, 0.5) is 0 Å². The number of phosphoric acid groups is 1. The van der Waals surface area contributed by atoms with Gasteiger partial charge in [0.15, 0.2) is 0 Å². The summed E-state index contributed by atoms with van der Waals surface area (Å²) in [4.78, 5) is 24.9. The Bertz CT molecular complexity index is 209. The van der Waals surface area contributed by atoms with Crippen molar-refractivity contribution < 1.29 is 28.1 Å². The third-order valence-corrected chi connectivity index (χ3v) is 7.04. The molecule has 6 nitrogen and oxygen atoms in total. The molecule has 1 atom stereocenters. The van der Waals surface area contributed by atoms with E-state index in [0.29, 0.717) is 10.4 Å². The van der Waals surface area contributed by atoms with Crippen molar-refractivity contribution in [3.63, 3.8) is 0 Å². The van der Waals surface area contributed by atoms with Crippen LogP contribution in [-0.2, 0) is 13.4 Å². The van der Waals surface area contributed by atoms with Crippen LogP contribution in [0.2, 0.25) is 0 Å². The second-order valence-corrected chi connectivity index (χ2v) is 8.51. The molecule has 0 aromatic rings. The van der Waals surface area contributed by atoms with Crippen molar-refractivity contribution in [2.75, 3.05) is 6.26 Å². The van der Waals surface area contributed by atoms with Gasteiger partial charge in [-0.15, -0.1) is 0 Å². The zero-order chi connectivity index (χ0) is 9.12. The average Bonchev–Trinajstić information content (AvgIpc) is 1.55. The van der Waals surface area contributed by atoms with Crippen LogP contribution in [0.25, 0.3) is 0 Å². The highest BCUT2D eigenvalue weighted by molar-refractivity contribution is 8.98. The van der Waals surface area contributed by atoms with Crippen LogP contribution >= 0.6 is 35.8 Å². The summed E-state index contributed by atoms with van der Waals surface area (Å²) in [6, 6.07) is 0. The zero-order valence-corrected chi connectivity index (χ0v) is 8.70. The Hall–Kier alpha value is 1.000. The normalized spacial score (nSPS) is 17.8. The van der Waals surface area contributed by atoms with E-state index in [-0.39, 0.29) is 0 Å². The molecule has 11 heavy (non-hydrogen) atoms. The molecule has 3 N–H and O–H groups in total. The first-order chi connectivity index (χ1) is 4.77. The molecule has 0 aliphatic carbocycles. The molecule has 0 bridgehead atoms. The van der Waals surface area contributed by atoms with Crippen molar-refractivity contribution in [2.24, 2.45) is 0 Å². The molecule has 0 rings (SSSR count). The standard InChI is InChI=1S/CH6O6P2S2/c1-10-11-9(5,6)7-8(2,3)4/h1H3,(H,5,6)(H2,2,3,4). The fourth-order valence-electron chi connectivity index (χ4n) is 0.242.